The summed E-state index contributed by atoms with van der Waals surface area (Å²) in [5.41, 5.74) is 4.17. The molecule has 24 heavy (non-hydrogen) atoms. The first-order chi connectivity index (χ1) is 11.8. The first-order valence-corrected chi connectivity index (χ1v) is 8.60. The molecule has 6 heteroatoms. The van der Waals surface area contributed by atoms with Gasteiger partial charge in [-0.15, -0.1) is 0 Å². The van der Waals surface area contributed by atoms with Gasteiger partial charge in [-0.05, 0) is 31.4 Å². The second-order valence-electron chi connectivity index (χ2n) is 6.35. The summed E-state index contributed by atoms with van der Waals surface area (Å²) in [4.78, 5) is 29.8. The Balaban J connectivity index is 1.58. The van der Waals surface area contributed by atoms with E-state index in [-0.39, 0.29) is 6.03 Å². The summed E-state index contributed by atoms with van der Waals surface area (Å²) in [6, 6.07) is 4.12. The lowest BCUT2D eigenvalue weighted by Gasteiger charge is -2.26. The molecule has 0 saturated carbocycles. The van der Waals surface area contributed by atoms with Gasteiger partial charge in [0.05, 0.1) is 5.69 Å². The first-order valence-electron chi connectivity index (χ1n) is 8.60. The van der Waals surface area contributed by atoms with E-state index in [1.807, 2.05) is 28.1 Å². The zero-order chi connectivity index (χ0) is 16.4. The quantitative estimate of drug-likeness (QED) is 0.807. The number of fused-ring (bicyclic) bond motifs is 1. The molecule has 0 atom stereocenters. The third kappa shape index (κ3) is 2.84. The molecule has 2 aromatic rings. The molecule has 124 valence electrons. The fraction of sp³-hybridized carbons (Fsp3) is 0.444. The summed E-state index contributed by atoms with van der Waals surface area (Å²) in [5, 5.41) is 0. The molecule has 0 aliphatic carbocycles. The highest BCUT2D eigenvalue weighted by Gasteiger charge is 2.26. The van der Waals surface area contributed by atoms with Gasteiger partial charge in [-0.25, -0.2) is 14.8 Å². The third-order valence-electron chi connectivity index (χ3n) is 4.87. The van der Waals surface area contributed by atoms with Gasteiger partial charge in [-0.1, -0.05) is 0 Å². The Hall–Kier alpha value is -2.50. The number of hydrogen-bond donors (Lipinski definition) is 0. The third-order valence-corrected chi connectivity index (χ3v) is 4.87. The molecule has 2 aromatic heterocycles. The van der Waals surface area contributed by atoms with E-state index in [1.165, 1.54) is 0 Å². The molecule has 0 radical (unpaired) electrons. The summed E-state index contributed by atoms with van der Waals surface area (Å²) in [6.45, 7) is 3.24. The maximum atomic E-state index is 12.7. The molecule has 6 nitrogen and oxygen atoms in total. The Morgan fingerprint density at radius 3 is 2.58 bits per heavy atom. The van der Waals surface area contributed by atoms with Crippen LogP contribution in [0.3, 0.4) is 0 Å². The minimum Gasteiger partial charge on any atom is -0.325 e. The van der Waals surface area contributed by atoms with Gasteiger partial charge in [0.25, 0.3) is 0 Å². The monoisotopic (exact) mass is 323 g/mol. The van der Waals surface area contributed by atoms with Gasteiger partial charge in [0.15, 0.2) is 0 Å². The van der Waals surface area contributed by atoms with E-state index in [9.17, 15) is 4.79 Å². The van der Waals surface area contributed by atoms with Crippen LogP contribution in [0.2, 0.25) is 0 Å². The van der Waals surface area contributed by atoms with E-state index < -0.39 is 0 Å². The number of amides is 2. The van der Waals surface area contributed by atoms with Crippen molar-refractivity contribution in [2.45, 2.75) is 25.7 Å². The molecule has 0 unspecified atom stereocenters. The molecule has 2 amide bonds. The van der Waals surface area contributed by atoms with Crippen molar-refractivity contribution in [1.29, 1.82) is 0 Å². The van der Waals surface area contributed by atoms with Crippen LogP contribution in [0.5, 0.6) is 0 Å². The highest BCUT2D eigenvalue weighted by molar-refractivity contribution is 5.75. The largest absolute Gasteiger partial charge is 0.325 e. The van der Waals surface area contributed by atoms with E-state index >= 15 is 0 Å². The van der Waals surface area contributed by atoms with Crippen LogP contribution in [0.25, 0.3) is 11.3 Å². The molecule has 0 bridgehead atoms. The number of carbonyl (C=O) groups excluding carboxylic acids is 1. The summed E-state index contributed by atoms with van der Waals surface area (Å²) in [6.07, 6.45) is 9.04. The van der Waals surface area contributed by atoms with Crippen molar-refractivity contribution in [1.82, 2.24) is 24.8 Å². The van der Waals surface area contributed by atoms with Gasteiger partial charge in [0, 0.05) is 61.8 Å². The SMILES string of the molecule is O=C(N1CCCC1)N1CCc2ncnc(-c3cccnc3)c2CC1. The Bertz CT molecular complexity index is 727. The van der Waals surface area contributed by atoms with E-state index in [0.29, 0.717) is 0 Å². The summed E-state index contributed by atoms with van der Waals surface area (Å²) < 4.78 is 0. The van der Waals surface area contributed by atoms with E-state index in [4.69, 9.17) is 0 Å². The van der Waals surface area contributed by atoms with Crippen LogP contribution in [0.15, 0.2) is 30.9 Å². The lowest BCUT2D eigenvalue weighted by Crippen LogP contribution is -2.42. The van der Waals surface area contributed by atoms with Crippen molar-refractivity contribution in [2.24, 2.45) is 0 Å². The van der Waals surface area contributed by atoms with Gasteiger partial charge >= 0.3 is 6.03 Å². The molecule has 1 saturated heterocycles. The lowest BCUT2D eigenvalue weighted by atomic mass is 10.0. The summed E-state index contributed by atoms with van der Waals surface area (Å²) in [5.74, 6) is 0. The number of aromatic nitrogens is 3. The molecule has 4 rings (SSSR count). The smallest absolute Gasteiger partial charge is 0.320 e. The maximum Gasteiger partial charge on any atom is 0.320 e. The predicted molar refractivity (Wildman–Crippen MR) is 90.4 cm³/mol. The predicted octanol–water partition coefficient (Wildman–Crippen LogP) is 2.16. The van der Waals surface area contributed by atoms with Crippen LogP contribution >= 0.6 is 0 Å². The molecular formula is C18H21N5O. The molecule has 2 aliphatic rings. The molecule has 0 aromatic carbocycles. The Morgan fingerprint density at radius 1 is 1.00 bits per heavy atom. The van der Waals surface area contributed by atoms with Crippen LogP contribution in [0, 0.1) is 0 Å². The van der Waals surface area contributed by atoms with E-state index in [2.05, 4.69) is 15.0 Å². The van der Waals surface area contributed by atoms with Crippen LogP contribution < -0.4 is 0 Å². The average molecular weight is 323 g/mol. The summed E-state index contributed by atoms with van der Waals surface area (Å²) in [7, 11) is 0. The highest BCUT2D eigenvalue weighted by atomic mass is 16.2. The van der Waals surface area contributed by atoms with E-state index in [1.54, 1.807) is 12.5 Å². The first kappa shape index (κ1) is 15.1. The van der Waals surface area contributed by atoms with Crippen molar-refractivity contribution in [3.05, 3.63) is 42.1 Å². The van der Waals surface area contributed by atoms with Gasteiger partial charge in [-0.2, -0.15) is 0 Å². The van der Waals surface area contributed by atoms with Crippen LogP contribution in [0.4, 0.5) is 4.79 Å². The Kier molecular flexibility index (Phi) is 4.11. The fourth-order valence-corrected chi connectivity index (χ4v) is 3.58. The molecular weight excluding hydrogens is 302 g/mol. The minimum atomic E-state index is 0.177. The Labute approximate surface area is 141 Å². The fourth-order valence-electron chi connectivity index (χ4n) is 3.58. The van der Waals surface area contributed by atoms with Gasteiger partial charge in [0.1, 0.15) is 6.33 Å². The normalized spacial score (nSPS) is 17.5. The molecule has 2 aliphatic heterocycles. The number of nitrogens with zero attached hydrogens (tertiary/aromatic N) is 5. The van der Waals surface area contributed by atoms with Crippen molar-refractivity contribution in [3.63, 3.8) is 0 Å². The van der Waals surface area contributed by atoms with E-state index in [0.717, 1.165) is 74.4 Å². The number of rotatable bonds is 1. The zero-order valence-electron chi connectivity index (χ0n) is 13.7. The molecule has 1 fully saturated rings. The van der Waals surface area contributed by atoms with Crippen molar-refractivity contribution in [2.75, 3.05) is 26.2 Å². The highest BCUT2D eigenvalue weighted by Crippen LogP contribution is 2.25. The van der Waals surface area contributed by atoms with Crippen molar-refractivity contribution >= 4 is 6.03 Å². The lowest BCUT2D eigenvalue weighted by molar-refractivity contribution is 0.164. The van der Waals surface area contributed by atoms with Gasteiger partial charge < -0.3 is 9.80 Å². The number of carbonyl (C=O) groups is 1. The summed E-state index contributed by atoms with van der Waals surface area (Å²) >= 11 is 0. The zero-order valence-corrected chi connectivity index (χ0v) is 13.7. The molecule has 4 heterocycles. The van der Waals surface area contributed by atoms with Gasteiger partial charge in [-0.3, -0.25) is 4.98 Å². The molecule has 0 N–H and O–H groups in total. The van der Waals surface area contributed by atoms with Crippen LogP contribution in [-0.2, 0) is 12.8 Å². The minimum absolute atomic E-state index is 0.177. The average Bonchev–Trinajstić information content (AvgIpc) is 3.08. The molecule has 0 spiro atoms. The maximum absolute atomic E-state index is 12.7. The Morgan fingerprint density at radius 2 is 1.79 bits per heavy atom. The second-order valence-corrected chi connectivity index (χ2v) is 6.35. The standard InChI is InChI=1S/C18H21N5O/c24-18(22-8-1-2-9-22)23-10-5-15-16(6-11-23)20-13-21-17(15)14-4-3-7-19-12-14/h3-4,7,12-13H,1-2,5-6,8-11H2. The van der Waals surface area contributed by atoms with Crippen LogP contribution in [-0.4, -0.2) is 57.0 Å². The van der Waals surface area contributed by atoms with Crippen LogP contribution in [0.1, 0.15) is 24.1 Å². The number of pyridine rings is 1. The van der Waals surface area contributed by atoms with Crippen molar-refractivity contribution in [3.8, 4) is 11.3 Å². The number of urea groups is 1. The topological polar surface area (TPSA) is 62.2 Å². The van der Waals surface area contributed by atoms with Gasteiger partial charge in [0.2, 0.25) is 0 Å². The number of likely N-dealkylation sites (tertiary alicyclic amines) is 1. The number of hydrogen-bond acceptors (Lipinski definition) is 4. The second kappa shape index (κ2) is 6.55. The van der Waals surface area contributed by atoms with Crippen molar-refractivity contribution < 1.29 is 4.79 Å².